The number of hydrazine groups is 1. The zero-order valence-corrected chi connectivity index (χ0v) is 28.9. The molecule has 6 unspecified atom stereocenters. The molecule has 2 aliphatic heterocycles. The predicted octanol–water partition coefficient (Wildman–Crippen LogP) is 6.10. The number of ketones is 1. The van der Waals surface area contributed by atoms with Crippen LogP contribution < -0.4 is 15.1 Å². The van der Waals surface area contributed by atoms with Gasteiger partial charge in [-0.25, -0.2) is 0 Å². The van der Waals surface area contributed by atoms with Crippen LogP contribution in [0.5, 0.6) is 11.5 Å². The number of imide groups is 2. The minimum Gasteiger partial charge on any atom is -0.508 e. The molecule has 10 nitrogen and oxygen atoms in total. The number of anilines is 2. The van der Waals surface area contributed by atoms with Gasteiger partial charge in [-0.05, 0) is 80.6 Å². The van der Waals surface area contributed by atoms with Gasteiger partial charge in [-0.2, -0.15) is 5.01 Å². The van der Waals surface area contributed by atoms with Crippen LogP contribution >= 0.6 is 0 Å². The largest absolute Gasteiger partial charge is 0.508 e. The van der Waals surface area contributed by atoms with Crippen LogP contribution in [0.15, 0.2) is 109 Å². The summed E-state index contributed by atoms with van der Waals surface area (Å²) in [5.41, 5.74) is 6.05. The molecule has 2 aliphatic carbocycles. The fraction of sp³-hybridized carbons (Fsp3) is 0.262. The van der Waals surface area contributed by atoms with Crippen molar-refractivity contribution in [3.8, 4) is 11.5 Å². The van der Waals surface area contributed by atoms with Gasteiger partial charge in [0.25, 0.3) is 11.8 Å². The first-order valence-electron chi connectivity index (χ1n) is 17.4. The van der Waals surface area contributed by atoms with Gasteiger partial charge < -0.3 is 9.84 Å². The molecule has 10 heteroatoms. The van der Waals surface area contributed by atoms with Crippen LogP contribution in [0, 0.1) is 30.6 Å². The first-order valence-corrected chi connectivity index (χ1v) is 17.4. The SMILES string of the molecule is COc1cc(O)ccc1C1C2=CCC3C(=O)N(c4ccc(C(C)=O)cc4)C(=O)C3C2CC2C(=O)N(Nc3ccc(C)cc3)C(=O)C21c1ccccc1. The normalized spacial score (nSPS) is 26.4. The van der Waals surface area contributed by atoms with Gasteiger partial charge in [0.05, 0.1) is 41.7 Å². The van der Waals surface area contributed by atoms with E-state index in [1.54, 1.807) is 42.5 Å². The maximum absolute atomic E-state index is 15.3. The van der Waals surface area contributed by atoms with Crippen LogP contribution in [0.3, 0.4) is 0 Å². The van der Waals surface area contributed by atoms with Crippen LogP contribution in [0.1, 0.15) is 52.7 Å². The van der Waals surface area contributed by atoms with E-state index in [0.29, 0.717) is 33.8 Å². The summed E-state index contributed by atoms with van der Waals surface area (Å²) in [5, 5.41) is 11.6. The first kappa shape index (κ1) is 33.1. The highest BCUT2D eigenvalue weighted by Crippen LogP contribution is 2.65. The third-order valence-corrected chi connectivity index (χ3v) is 11.5. The average Bonchev–Trinajstić information content (AvgIpc) is 3.53. The minimum atomic E-state index is -1.47. The summed E-state index contributed by atoms with van der Waals surface area (Å²) in [6, 6.07) is 27.8. The van der Waals surface area contributed by atoms with Crippen LogP contribution in [-0.4, -0.2) is 46.6 Å². The highest BCUT2D eigenvalue weighted by molar-refractivity contribution is 6.22. The van der Waals surface area contributed by atoms with E-state index in [9.17, 15) is 24.3 Å². The highest BCUT2D eigenvalue weighted by Gasteiger charge is 2.70. The number of phenols is 1. The molecule has 52 heavy (non-hydrogen) atoms. The maximum Gasteiger partial charge on any atom is 0.260 e. The summed E-state index contributed by atoms with van der Waals surface area (Å²) in [6.07, 6.45) is 2.37. The Hall–Kier alpha value is -6.03. The van der Waals surface area contributed by atoms with Crippen molar-refractivity contribution >= 4 is 40.8 Å². The summed E-state index contributed by atoms with van der Waals surface area (Å²) in [7, 11) is 1.48. The fourth-order valence-electron chi connectivity index (χ4n) is 9.13. The summed E-state index contributed by atoms with van der Waals surface area (Å²) in [6.45, 7) is 3.40. The Kier molecular flexibility index (Phi) is 7.86. The second-order valence-corrected chi connectivity index (χ2v) is 14.1. The second-order valence-electron chi connectivity index (χ2n) is 14.1. The molecule has 3 fully saturated rings. The van der Waals surface area contributed by atoms with E-state index in [2.05, 4.69) is 5.43 Å². The molecule has 0 aromatic heterocycles. The number of ether oxygens (including phenoxy) is 1. The molecule has 2 heterocycles. The standard InChI is InChI=1S/C42H37N3O7/c1-23-9-13-27(14-10-23)43-45-39(49)34-22-33-30(19-20-32-36(33)40(50)44(38(32)48)28-15-11-25(12-16-28)24(2)46)37(31-18-17-29(47)21-35(31)52-3)42(34,41(45)51)26-7-5-4-6-8-26/h4-19,21,32-34,36-37,43,47H,20,22H2,1-3H3. The van der Waals surface area contributed by atoms with E-state index in [-0.39, 0.29) is 36.2 Å². The molecule has 4 aromatic carbocycles. The average molecular weight is 696 g/mol. The lowest BCUT2D eigenvalue weighted by Gasteiger charge is -2.50. The van der Waals surface area contributed by atoms with Gasteiger partial charge in [-0.15, -0.1) is 0 Å². The molecular formula is C42H37N3O7. The molecule has 2 saturated heterocycles. The Morgan fingerprint density at radius 2 is 1.58 bits per heavy atom. The molecule has 6 atom stereocenters. The Morgan fingerprint density at radius 1 is 0.865 bits per heavy atom. The topological polar surface area (TPSA) is 133 Å². The van der Waals surface area contributed by atoms with Gasteiger partial charge in [0, 0.05) is 23.1 Å². The number of hydrogen-bond acceptors (Lipinski definition) is 8. The lowest BCUT2D eigenvalue weighted by atomic mass is 9.49. The van der Waals surface area contributed by atoms with Gasteiger partial charge in [-0.3, -0.25) is 34.3 Å². The molecule has 0 spiro atoms. The molecule has 4 aromatic rings. The van der Waals surface area contributed by atoms with Crippen molar-refractivity contribution in [2.24, 2.45) is 23.7 Å². The van der Waals surface area contributed by atoms with Crippen molar-refractivity contribution < 1.29 is 33.8 Å². The van der Waals surface area contributed by atoms with Gasteiger partial charge in [0.15, 0.2) is 5.78 Å². The quantitative estimate of drug-likeness (QED) is 0.135. The highest BCUT2D eigenvalue weighted by atomic mass is 16.5. The number of amides is 4. The molecule has 8 rings (SSSR count). The summed E-state index contributed by atoms with van der Waals surface area (Å²) in [5.74, 6) is -5.21. The molecule has 4 amide bonds. The van der Waals surface area contributed by atoms with Crippen molar-refractivity contribution in [3.63, 3.8) is 0 Å². The van der Waals surface area contributed by atoms with E-state index in [1.807, 2.05) is 55.5 Å². The monoisotopic (exact) mass is 695 g/mol. The number of benzene rings is 4. The zero-order chi connectivity index (χ0) is 36.5. The molecular weight excluding hydrogens is 658 g/mol. The van der Waals surface area contributed by atoms with E-state index in [0.717, 1.165) is 16.1 Å². The number of phenolic OH excluding ortho intramolecular Hbond substituents is 1. The van der Waals surface area contributed by atoms with Gasteiger partial charge in [0.1, 0.15) is 11.5 Å². The summed E-state index contributed by atoms with van der Waals surface area (Å²) in [4.78, 5) is 71.9. The Balaban J connectivity index is 1.31. The number of carbonyl (C=O) groups is 5. The van der Waals surface area contributed by atoms with E-state index >= 15 is 4.79 Å². The second kappa shape index (κ2) is 12.3. The number of rotatable bonds is 7. The molecule has 262 valence electrons. The molecule has 1 saturated carbocycles. The number of methoxy groups -OCH3 is 1. The summed E-state index contributed by atoms with van der Waals surface area (Å²) < 4.78 is 5.84. The number of aryl methyl sites for hydroxylation is 1. The van der Waals surface area contributed by atoms with E-state index in [1.165, 1.54) is 31.1 Å². The summed E-state index contributed by atoms with van der Waals surface area (Å²) >= 11 is 0. The number of nitrogens with one attached hydrogen (secondary N) is 1. The molecule has 0 bridgehead atoms. The van der Waals surface area contributed by atoms with Gasteiger partial charge in [0.2, 0.25) is 11.8 Å². The van der Waals surface area contributed by atoms with E-state index < -0.39 is 46.8 Å². The minimum absolute atomic E-state index is 0.0320. The lowest BCUT2D eigenvalue weighted by Crippen LogP contribution is -2.53. The third kappa shape index (κ3) is 4.81. The number of allylic oxidation sites excluding steroid dienone is 2. The number of aromatic hydroxyl groups is 1. The molecule has 0 radical (unpaired) electrons. The van der Waals surface area contributed by atoms with Crippen molar-refractivity contribution in [3.05, 3.63) is 131 Å². The molecule has 2 N–H and O–H groups in total. The Bertz CT molecular complexity index is 2180. The van der Waals surface area contributed by atoms with Crippen molar-refractivity contribution in [1.29, 1.82) is 0 Å². The van der Waals surface area contributed by atoms with Crippen molar-refractivity contribution in [1.82, 2.24) is 5.01 Å². The first-order chi connectivity index (χ1) is 25.1. The van der Waals surface area contributed by atoms with Gasteiger partial charge in [-0.1, -0.05) is 65.7 Å². The number of fused-ring (bicyclic) bond motifs is 4. The Labute approximate surface area is 300 Å². The van der Waals surface area contributed by atoms with Gasteiger partial charge >= 0.3 is 0 Å². The van der Waals surface area contributed by atoms with Crippen LogP contribution in [-0.2, 0) is 24.6 Å². The number of nitrogens with zero attached hydrogens (tertiary/aromatic N) is 2. The number of carbonyl (C=O) groups excluding carboxylic acids is 5. The fourth-order valence-corrected chi connectivity index (χ4v) is 9.13. The number of hydrogen-bond donors (Lipinski definition) is 2. The zero-order valence-electron chi connectivity index (χ0n) is 28.9. The maximum atomic E-state index is 15.3. The lowest BCUT2D eigenvalue weighted by molar-refractivity contribution is -0.138. The number of Topliss-reactive ketones (excluding diaryl/α,β-unsaturated/α-hetero) is 1. The van der Waals surface area contributed by atoms with Crippen LogP contribution in [0.4, 0.5) is 11.4 Å². The Morgan fingerprint density at radius 3 is 2.25 bits per heavy atom. The molecule has 4 aliphatic rings. The van der Waals surface area contributed by atoms with Crippen molar-refractivity contribution in [2.45, 2.75) is 38.0 Å². The van der Waals surface area contributed by atoms with Crippen molar-refractivity contribution in [2.75, 3.05) is 17.4 Å². The van der Waals surface area contributed by atoms with Crippen LogP contribution in [0.25, 0.3) is 0 Å². The predicted molar refractivity (Wildman–Crippen MR) is 192 cm³/mol. The van der Waals surface area contributed by atoms with Crippen LogP contribution in [0.2, 0.25) is 0 Å². The van der Waals surface area contributed by atoms with E-state index in [4.69, 9.17) is 4.74 Å². The smallest absolute Gasteiger partial charge is 0.260 e. The third-order valence-electron chi connectivity index (χ3n) is 11.5.